The van der Waals surface area contributed by atoms with E-state index in [1.807, 2.05) is 20.8 Å². The summed E-state index contributed by atoms with van der Waals surface area (Å²) in [5, 5.41) is 16.2. The van der Waals surface area contributed by atoms with Gasteiger partial charge in [-0.15, -0.1) is 0 Å². The maximum Gasteiger partial charge on any atom is 0.307 e. The van der Waals surface area contributed by atoms with Crippen molar-refractivity contribution in [2.24, 2.45) is 17.3 Å². The molecule has 2 N–H and O–H groups in total. The monoisotopic (exact) mass is 294 g/mol. The second kappa shape index (κ2) is 5.83. The lowest BCUT2D eigenvalue weighted by Gasteiger charge is -2.46. The molecule has 0 radical (unpaired) electrons. The zero-order chi connectivity index (χ0) is 15.6. The Bertz CT molecular complexity index is 512. The van der Waals surface area contributed by atoms with Crippen molar-refractivity contribution in [2.45, 2.75) is 46.2 Å². The zero-order valence-corrected chi connectivity index (χ0v) is 12.6. The lowest BCUT2D eigenvalue weighted by molar-refractivity contribution is -0.150. The molecule has 1 fully saturated rings. The van der Waals surface area contributed by atoms with Crippen LogP contribution >= 0.6 is 0 Å². The Kier molecular flexibility index (Phi) is 4.29. The number of nitrogens with one attached hydrogen (secondary N) is 1. The highest BCUT2D eigenvalue weighted by molar-refractivity contribution is 5.76. The van der Waals surface area contributed by atoms with Crippen LogP contribution in [0.15, 0.2) is 12.7 Å². The molecule has 7 heteroatoms. The number of carboxylic acids is 1. The molecule has 1 aromatic heterocycles. The van der Waals surface area contributed by atoms with Crippen LogP contribution in [0.5, 0.6) is 0 Å². The third kappa shape index (κ3) is 3.22. The molecule has 0 saturated heterocycles. The van der Waals surface area contributed by atoms with E-state index in [4.69, 9.17) is 0 Å². The van der Waals surface area contributed by atoms with Crippen LogP contribution in [0.4, 0.5) is 0 Å². The second-order valence-electron chi connectivity index (χ2n) is 6.35. The van der Waals surface area contributed by atoms with Crippen molar-refractivity contribution in [3.05, 3.63) is 12.7 Å². The van der Waals surface area contributed by atoms with E-state index in [0.29, 0.717) is 12.8 Å². The summed E-state index contributed by atoms with van der Waals surface area (Å²) in [7, 11) is 0. The Morgan fingerprint density at radius 3 is 2.71 bits per heavy atom. The molecule has 2 rings (SSSR count). The van der Waals surface area contributed by atoms with Gasteiger partial charge in [0.05, 0.1) is 5.92 Å². The van der Waals surface area contributed by atoms with Gasteiger partial charge in [-0.3, -0.25) is 9.59 Å². The molecule has 0 aliphatic heterocycles. The number of hydrogen-bond donors (Lipinski definition) is 2. The molecular weight excluding hydrogens is 272 g/mol. The summed E-state index contributed by atoms with van der Waals surface area (Å²) < 4.78 is 1.47. The lowest BCUT2D eigenvalue weighted by Crippen LogP contribution is -2.52. The molecule has 1 aromatic rings. The number of nitrogens with zero attached hydrogens (tertiary/aromatic N) is 3. The number of carbonyl (C=O) groups excluding carboxylic acids is 1. The van der Waals surface area contributed by atoms with Gasteiger partial charge in [-0.2, -0.15) is 5.10 Å². The molecule has 1 saturated carbocycles. The van der Waals surface area contributed by atoms with E-state index in [0.717, 1.165) is 0 Å². The van der Waals surface area contributed by atoms with Gasteiger partial charge < -0.3 is 10.4 Å². The molecule has 1 aliphatic carbocycles. The highest BCUT2D eigenvalue weighted by Crippen LogP contribution is 2.45. The summed E-state index contributed by atoms with van der Waals surface area (Å²) >= 11 is 0. The van der Waals surface area contributed by atoms with Crippen molar-refractivity contribution >= 4 is 11.9 Å². The van der Waals surface area contributed by atoms with Crippen LogP contribution in [-0.4, -0.2) is 37.8 Å². The van der Waals surface area contributed by atoms with Crippen molar-refractivity contribution in [3.63, 3.8) is 0 Å². The van der Waals surface area contributed by atoms with Crippen LogP contribution in [-0.2, 0) is 16.1 Å². The third-order valence-corrected chi connectivity index (χ3v) is 4.86. The first-order valence-electron chi connectivity index (χ1n) is 7.17. The maximum absolute atomic E-state index is 12.0. The molecule has 3 atom stereocenters. The number of aliphatic carboxylic acids is 1. The summed E-state index contributed by atoms with van der Waals surface area (Å²) in [6, 6.07) is -0.00776. The van der Waals surface area contributed by atoms with Crippen molar-refractivity contribution in [2.75, 3.05) is 0 Å². The molecule has 1 aliphatic rings. The number of carbonyl (C=O) groups is 2. The number of hydrogen-bond acceptors (Lipinski definition) is 4. The third-order valence-electron chi connectivity index (χ3n) is 4.86. The minimum Gasteiger partial charge on any atom is -0.481 e. The molecule has 3 unspecified atom stereocenters. The SMILES string of the molecule is CC1C(NC(=O)Cn2cncn2)CCC(C(=O)O)C1(C)C. The van der Waals surface area contributed by atoms with Crippen molar-refractivity contribution in [1.29, 1.82) is 0 Å². The summed E-state index contributed by atoms with van der Waals surface area (Å²) in [6.07, 6.45) is 4.15. The Labute approximate surface area is 123 Å². The highest BCUT2D eigenvalue weighted by Gasteiger charge is 2.46. The fraction of sp³-hybridized carbons (Fsp3) is 0.714. The van der Waals surface area contributed by atoms with Gasteiger partial charge in [-0.25, -0.2) is 9.67 Å². The van der Waals surface area contributed by atoms with Gasteiger partial charge in [0, 0.05) is 6.04 Å². The molecule has 116 valence electrons. The average molecular weight is 294 g/mol. The minimum atomic E-state index is -0.751. The van der Waals surface area contributed by atoms with E-state index in [1.165, 1.54) is 17.3 Å². The molecule has 0 aromatic carbocycles. The van der Waals surface area contributed by atoms with Crippen LogP contribution in [0.25, 0.3) is 0 Å². The van der Waals surface area contributed by atoms with Gasteiger partial charge in [-0.05, 0) is 24.2 Å². The first-order chi connectivity index (χ1) is 9.82. The molecule has 0 bridgehead atoms. The summed E-state index contributed by atoms with van der Waals surface area (Å²) in [5.41, 5.74) is -0.352. The van der Waals surface area contributed by atoms with E-state index in [-0.39, 0.29) is 35.7 Å². The van der Waals surface area contributed by atoms with Gasteiger partial charge in [0.2, 0.25) is 5.91 Å². The van der Waals surface area contributed by atoms with Crippen molar-refractivity contribution < 1.29 is 14.7 Å². The predicted molar refractivity (Wildman–Crippen MR) is 75.3 cm³/mol. The number of amides is 1. The normalized spacial score (nSPS) is 28.0. The van der Waals surface area contributed by atoms with Gasteiger partial charge in [-0.1, -0.05) is 20.8 Å². The Morgan fingerprint density at radius 1 is 1.43 bits per heavy atom. The quantitative estimate of drug-likeness (QED) is 0.860. The average Bonchev–Trinajstić information content (AvgIpc) is 2.87. The Balaban J connectivity index is 1.98. The molecule has 7 nitrogen and oxygen atoms in total. The van der Waals surface area contributed by atoms with Crippen LogP contribution in [0, 0.1) is 17.3 Å². The standard InChI is InChI=1S/C14H22N4O3/c1-9-11(5-4-10(13(20)21)14(9,2)3)17-12(19)6-18-8-15-7-16-18/h7-11H,4-6H2,1-3H3,(H,17,19)(H,20,21). The zero-order valence-electron chi connectivity index (χ0n) is 12.6. The Morgan fingerprint density at radius 2 is 2.14 bits per heavy atom. The van der Waals surface area contributed by atoms with Crippen LogP contribution in [0.3, 0.4) is 0 Å². The number of aromatic nitrogens is 3. The molecule has 21 heavy (non-hydrogen) atoms. The van der Waals surface area contributed by atoms with Crippen molar-refractivity contribution in [1.82, 2.24) is 20.1 Å². The van der Waals surface area contributed by atoms with Crippen molar-refractivity contribution in [3.8, 4) is 0 Å². The Hall–Kier alpha value is -1.92. The van der Waals surface area contributed by atoms with Crippen LogP contribution in [0.1, 0.15) is 33.6 Å². The minimum absolute atomic E-state index is 0.00776. The van der Waals surface area contributed by atoms with E-state index < -0.39 is 5.97 Å². The van der Waals surface area contributed by atoms with Gasteiger partial charge >= 0.3 is 5.97 Å². The lowest BCUT2D eigenvalue weighted by atomic mass is 9.61. The van der Waals surface area contributed by atoms with Crippen LogP contribution in [0.2, 0.25) is 0 Å². The van der Waals surface area contributed by atoms with E-state index in [2.05, 4.69) is 15.4 Å². The number of carboxylic acid groups (broad SMARTS) is 1. The van der Waals surface area contributed by atoms with Crippen LogP contribution < -0.4 is 5.32 Å². The maximum atomic E-state index is 12.0. The summed E-state index contributed by atoms with van der Waals surface area (Å²) in [5.74, 6) is -1.15. The van der Waals surface area contributed by atoms with Gasteiger partial charge in [0.15, 0.2) is 0 Å². The summed E-state index contributed by atoms with van der Waals surface area (Å²) in [4.78, 5) is 27.2. The smallest absolute Gasteiger partial charge is 0.307 e. The highest BCUT2D eigenvalue weighted by atomic mass is 16.4. The van der Waals surface area contributed by atoms with E-state index >= 15 is 0 Å². The molecular formula is C14H22N4O3. The largest absolute Gasteiger partial charge is 0.481 e. The first-order valence-corrected chi connectivity index (χ1v) is 7.17. The number of rotatable bonds is 4. The topological polar surface area (TPSA) is 97.1 Å². The van der Waals surface area contributed by atoms with E-state index in [1.54, 1.807) is 0 Å². The molecule has 0 spiro atoms. The van der Waals surface area contributed by atoms with Gasteiger partial charge in [0.1, 0.15) is 19.2 Å². The fourth-order valence-electron chi connectivity index (χ4n) is 3.16. The van der Waals surface area contributed by atoms with E-state index in [9.17, 15) is 14.7 Å². The van der Waals surface area contributed by atoms with Gasteiger partial charge in [0.25, 0.3) is 0 Å². The second-order valence-corrected chi connectivity index (χ2v) is 6.35. The summed E-state index contributed by atoms with van der Waals surface area (Å²) in [6.45, 7) is 6.07. The molecule has 1 heterocycles. The molecule has 1 amide bonds. The first kappa shape index (κ1) is 15.5. The predicted octanol–water partition coefficient (Wildman–Crippen LogP) is 0.920. The fourth-order valence-corrected chi connectivity index (χ4v) is 3.16.